The minimum atomic E-state index is 0.341. The summed E-state index contributed by atoms with van der Waals surface area (Å²) >= 11 is 0. The molecule has 0 amide bonds. The van der Waals surface area contributed by atoms with Gasteiger partial charge in [0.05, 0.1) is 0 Å². The fourth-order valence-electron chi connectivity index (χ4n) is 2.98. The summed E-state index contributed by atoms with van der Waals surface area (Å²) in [5.74, 6) is 2.72. The third-order valence-electron chi connectivity index (χ3n) is 3.82. The number of carbonyl (C=O) groups is 1. The van der Waals surface area contributed by atoms with Gasteiger partial charge in [-0.2, -0.15) is 0 Å². The molecule has 0 N–H and O–H groups in total. The molecule has 1 heteroatoms. The molecule has 0 saturated heterocycles. The predicted octanol–water partition coefficient (Wildman–Crippen LogP) is 2.81. The summed E-state index contributed by atoms with van der Waals surface area (Å²) in [4.78, 5) is 11.8. The second kappa shape index (κ2) is 3.28. The zero-order valence-corrected chi connectivity index (χ0v) is 8.49. The lowest BCUT2D eigenvalue weighted by Crippen LogP contribution is -2.38. The molecule has 0 aromatic carbocycles. The Morgan fingerprint density at radius 1 is 1.38 bits per heavy atom. The highest BCUT2D eigenvalue weighted by atomic mass is 16.1. The molecule has 0 unspecified atom stereocenters. The Morgan fingerprint density at radius 2 is 2.15 bits per heavy atom. The molecule has 72 valence electrons. The van der Waals surface area contributed by atoms with Crippen molar-refractivity contribution in [2.45, 2.75) is 33.1 Å². The van der Waals surface area contributed by atoms with E-state index in [1.54, 1.807) is 0 Å². The molecule has 4 atom stereocenters. The number of rotatable bonds is 0. The molecule has 0 radical (unpaired) electrons. The summed E-state index contributed by atoms with van der Waals surface area (Å²) in [5.41, 5.74) is 0. The molecule has 0 bridgehead atoms. The molecule has 0 aliphatic heterocycles. The molecule has 0 spiro atoms. The van der Waals surface area contributed by atoms with Crippen molar-refractivity contribution in [2.24, 2.45) is 23.7 Å². The van der Waals surface area contributed by atoms with E-state index in [0.717, 1.165) is 25.2 Å². The number of allylic oxidation sites excluding steroid dienone is 2. The van der Waals surface area contributed by atoms with Gasteiger partial charge in [0, 0.05) is 12.3 Å². The SMILES string of the molecule is C[C@H]1C=CC[C@@H]2[C@H]1C(=O)CC[C@@H]2C. The summed E-state index contributed by atoms with van der Waals surface area (Å²) in [6.07, 6.45) is 7.54. The van der Waals surface area contributed by atoms with Crippen molar-refractivity contribution >= 4 is 5.78 Å². The van der Waals surface area contributed by atoms with E-state index in [-0.39, 0.29) is 0 Å². The Balaban J connectivity index is 2.24. The second-order valence-electron chi connectivity index (χ2n) is 4.69. The van der Waals surface area contributed by atoms with E-state index in [1.165, 1.54) is 0 Å². The van der Waals surface area contributed by atoms with Gasteiger partial charge >= 0.3 is 0 Å². The standard InChI is InChI=1S/C12H18O/c1-8-6-7-11(13)12-9(2)4-3-5-10(8)12/h3-4,8-10,12H,5-7H2,1-2H3/t8-,9-,10-,12-/m0/s1. The summed E-state index contributed by atoms with van der Waals surface area (Å²) in [6, 6.07) is 0. The molecule has 1 saturated carbocycles. The van der Waals surface area contributed by atoms with Gasteiger partial charge in [0.15, 0.2) is 0 Å². The van der Waals surface area contributed by atoms with Crippen molar-refractivity contribution in [3.8, 4) is 0 Å². The zero-order valence-electron chi connectivity index (χ0n) is 8.49. The van der Waals surface area contributed by atoms with Gasteiger partial charge in [-0.05, 0) is 30.6 Å². The van der Waals surface area contributed by atoms with Crippen molar-refractivity contribution in [3.63, 3.8) is 0 Å². The van der Waals surface area contributed by atoms with E-state index in [4.69, 9.17) is 0 Å². The highest BCUT2D eigenvalue weighted by Crippen LogP contribution is 2.41. The van der Waals surface area contributed by atoms with Crippen LogP contribution in [-0.2, 0) is 4.79 Å². The Labute approximate surface area is 80.2 Å². The van der Waals surface area contributed by atoms with Gasteiger partial charge in [0.1, 0.15) is 5.78 Å². The molecular weight excluding hydrogens is 160 g/mol. The van der Waals surface area contributed by atoms with Crippen LogP contribution in [0.3, 0.4) is 0 Å². The predicted molar refractivity (Wildman–Crippen MR) is 53.3 cm³/mol. The molecule has 1 nitrogen and oxygen atoms in total. The van der Waals surface area contributed by atoms with Crippen LogP contribution in [0.2, 0.25) is 0 Å². The van der Waals surface area contributed by atoms with E-state index in [9.17, 15) is 4.79 Å². The van der Waals surface area contributed by atoms with Crippen LogP contribution in [0.4, 0.5) is 0 Å². The minimum Gasteiger partial charge on any atom is -0.299 e. The average Bonchev–Trinajstić information content (AvgIpc) is 2.12. The van der Waals surface area contributed by atoms with Gasteiger partial charge in [0.2, 0.25) is 0 Å². The third kappa shape index (κ3) is 1.45. The van der Waals surface area contributed by atoms with Crippen molar-refractivity contribution in [2.75, 3.05) is 0 Å². The van der Waals surface area contributed by atoms with Gasteiger partial charge in [0.25, 0.3) is 0 Å². The number of Topliss-reactive ketones (excluding diaryl/α,β-unsaturated/α-hetero) is 1. The quantitative estimate of drug-likeness (QED) is 0.521. The lowest BCUT2D eigenvalue weighted by atomic mass is 9.64. The van der Waals surface area contributed by atoms with Gasteiger partial charge in [-0.15, -0.1) is 0 Å². The summed E-state index contributed by atoms with van der Waals surface area (Å²) in [7, 11) is 0. The fraction of sp³-hybridized carbons (Fsp3) is 0.750. The smallest absolute Gasteiger partial charge is 0.136 e. The van der Waals surface area contributed by atoms with Gasteiger partial charge < -0.3 is 0 Å². The molecule has 1 fully saturated rings. The lowest BCUT2D eigenvalue weighted by Gasteiger charge is -2.39. The van der Waals surface area contributed by atoms with Crippen molar-refractivity contribution in [1.82, 2.24) is 0 Å². The summed E-state index contributed by atoms with van der Waals surface area (Å²) < 4.78 is 0. The number of ketones is 1. The van der Waals surface area contributed by atoms with Crippen molar-refractivity contribution < 1.29 is 4.79 Å². The van der Waals surface area contributed by atoms with E-state index >= 15 is 0 Å². The molecule has 2 rings (SSSR count). The van der Waals surface area contributed by atoms with Crippen LogP contribution in [0, 0.1) is 23.7 Å². The highest BCUT2D eigenvalue weighted by Gasteiger charge is 2.39. The van der Waals surface area contributed by atoms with Crippen LogP contribution < -0.4 is 0 Å². The number of carbonyl (C=O) groups excluding carboxylic acids is 1. The first-order valence-electron chi connectivity index (χ1n) is 5.39. The normalized spacial score (nSPS) is 44.6. The lowest BCUT2D eigenvalue weighted by molar-refractivity contribution is -0.130. The van der Waals surface area contributed by atoms with Crippen LogP contribution in [0.1, 0.15) is 33.1 Å². The Kier molecular flexibility index (Phi) is 2.27. The van der Waals surface area contributed by atoms with Gasteiger partial charge in [-0.3, -0.25) is 4.79 Å². The van der Waals surface area contributed by atoms with Crippen LogP contribution in [0.25, 0.3) is 0 Å². The Morgan fingerprint density at radius 3 is 2.85 bits per heavy atom. The molecule has 0 heterocycles. The number of fused-ring (bicyclic) bond motifs is 1. The fourth-order valence-corrected chi connectivity index (χ4v) is 2.98. The zero-order chi connectivity index (χ0) is 9.42. The van der Waals surface area contributed by atoms with Crippen LogP contribution in [0.15, 0.2) is 12.2 Å². The van der Waals surface area contributed by atoms with Crippen molar-refractivity contribution in [1.29, 1.82) is 0 Å². The molecule has 2 aliphatic rings. The van der Waals surface area contributed by atoms with Crippen LogP contribution >= 0.6 is 0 Å². The van der Waals surface area contributed by atoms with Crippen LogP contribution in [-0.4, -0.2) is 5.78 Å². The topological polar surface area (TPSA) is 17.1 Å². The Hall–Kier alpha value is -0.590. The summed E-state index contributed by atoms with van der Waals surface area (Å²) in [5, 5.41) is 0. The molecular formula is C12H18O. The molecule has 0 aromatic rings. The number of hydrogen-bond acceptors (Lipinski definition) is 1. The maximum Gasteiger partial charge on any atom is 0.136 e. The van der Waals surface area contributed by atoms with Crippen molar-refractivity contribution in [3.05, 3.63) is 12.2 Å². The minimum absolute atomic E-state index is 0.341. The molecule has 0 aromatic heterocycles. The first-order valence-corrected chi connectivity index (χ1v) is 5.39. The third-order valence-corrected chi connectivity index (χ3v) is 3.82. The molecule has 13 heavy (non-hydrogen) atoms. The maximum absolute atomic E-state index is 11.8. The number of hydrogen-bond donors (Lipinski definition) is 0. The highest BCUT2D eigenvalue weighted by molar-refractivity contribution is 5.82. The Bertz CT molecular complexity index is 242. The monoisotopic (exact) mass is 178 g/mol. The second-order valence-corrected chi connectivity index (χ2v) is 4.69. The largest absolute Gasteiger partial charge is 0.299 e. The van der Waals surface area contributed by atoms with Gasteiger partial charge in [-0.1, -0.05) is 26.0 Å². The van der Waals surface area contributed by atoms with E-state index in [2.05, 4.69) is 26.0 Å². The first-order chi connectivity index (χ1) is 6.20. The first kappa shape index (κ1) is 8.98. The van der Waals surface area contributed by atoms with Gasteiger partial charge in [-0.25, -0.2) is 0 Å². The van der Waals surface area contributed by atoms with E-state index in [0.29, 0.717) is 23.5 Å². The van der Waals surface area contributed by atoms with E-state index < -0.39 is 0 Å². The molecule has 2 aliphatic carbocycles. The summed E-state index contributed by atoms with van der Waals surface area (Å²) in [6.45, 7) is 4.49. The maximum atomic E-state index is 11.8. The van der Waals surface area contributed by atoms with E-state index in [1.807, 2.05) is 0 Å². The van der Waals surface area contributed by atoms with Crippen LogP contribution in [0.5, 0.6) is 0 Å². The average molecular weight is 178 g/mol.